The number of benzene rings is 1. The van der Waals surface area contributed by atoms with Crippen LogP contribution in [-0.2, 0) is 13.1 Å². The van der Waals surface area contributed by atoms with Crippen molar-refractivity contribution in [3.8, 4) is 0 Å². The molecule has 1 amide bonds. The van der Waals surface area contributed by atoms with Crippen LogP contribution in [0.4, 0.5) is 0 Å². The van der Waals surface area contributed by atoms with Crippen LogP contribution in [0.25, 0.3) is 11.0 Å². The minimum absolute atomic E-state index is 0.181. The van der Waals surface area contributed by atoms with E-state index in [1.54, 1.807) is 17.2 Å². The normalized spacial score (nSPS) is 15.0. The second kappa shape index (κ2) is 8.17. The van der Waals surface area contributed by atoms with Gasteiger partial charge >= 0.3 is 0 Å². The number of aromatic nitrogens is 2. The van der Waals surface area contributed by atoms with Gasteiger partial charge in [-0.2, -0.15) is 0 Å². The standard InChI is InChI=1S/C23H26N4O2/c1-3-26-16-20(21(28)19-10-9-17(2)24-22(19)26)23(29)27-13-11-25(12-14-27)15-18-7-5-4-6-8-18/h4-10,16H,3,11-15H2,1-2H3. The topological polar surface area (TPSA) is 58.4 Å². The number of nitrogens with zero attached hydrogens (tertiary/aromatic N) is 4. The van der Waals surface area contributed by atoms with Crippen molar-refractivity contribution >= 4 is 16.9 Å². The number of carbonyl (C=O) groups excluding carboxylic acids is 1. The van der Waals surface area contributed by atoms with Crippen LogP contribution in [0, 0.1) is 6.92 Å². The fraction of sp³-hybridized carbons (Fsp3) is 0.348. The molecule has 0 N–H and O–H groups in total. The molecule has 1 aliphatic rings. The molecule has 150 valence electrons. The molecule has 1 aliphatic heterocycles. The van der Waals surface area contributed by atoms with Crippen LogP contribution in [0.2, 0.25) is 0 Å². The van der Waals surface area contributed by atoms with E-state index in [0.717, 1.165) is 25.3 Å². The van der Waals surface area contributed by atoms with Gasteiger partial charge in [0.1, 0.15) is 11.2 Å². The molecule has 0 saturated carbocycles. The third-order valence-corrected chi connectivity index (χ3v) is 5.54. The summed E-state index contributed by atoms with van der Waals surface area (Å²) in [6, 6.07) is 13.9. The van der Waals surface area contributed by atoms with Gasteiger partial charge in [0.15, 0.2) is 0 Å². The van der Waals surface area contributed by atoms with Gasteiger partial charge in [-0.3, -0.25) is 14.5 Å². The van der Waals surface area contributed by atoms with Gasteiger partial charge in [-0.1, -0.05) is 30.3 Å². The number of rotatable bonds is 4. The van der Waals surface area contributed by atoms with Gasteiger partial charge < -0.3 is 9.47 Å². The molecule has 29 heavy (non-hydrogen) atoms. The lowest BCUT2D eigenvalue weighted by atomic mass is 10.1. The molecule has 1 fully saturated rings. The highest BCUT2D eigenvalue weighted by atomic mass is 16.2. The molecule has 3 heterocycles. The number of fused-ring (bicyclic) bond motifs is 1. The van der Waals surface area contributed by atoms with E-state index in [2.05, 4.69) is 22.0 Å². The summed E-state index contributed by atoms with van der Waals surface area (Å²) >= 11 is 0. The molecule has 0 radical (unpaired) electrons. The van der Waals surface area contributed by atoms with E-state index in [1.165, 1.54) is 5.56 Å². The summed E-state index contributed by atoms with van der Waals surface area (Å²) in [5.41, 5.74) is 2.78. The fourth-order valence-corrected chi connectivity index (χ4v) is 3.87. The zero-order chi connectivity index (χ0) is 20.4. The highest BCUT2D eigenvalue weighted by molar-refractivity contribution is 5.97. The van der Waals surface area contributed by atoms with Crippen LogP contribution < -0.4 is 5.43 Å². The van der Waals surface area contributed by atoms with E-state index in [4.69, 9.17) is 0 Å². The monoisotopic (exact) mass is 390 g/mol. The predicted octanol–water partition coefficient (Wildman–Crippen LogP) is 2.68. The number of hydrogen-bond donors (Lipinski definition) is 0. The van der Waals surface area contributed by atoms with Crippen molar-refractivity contribution in [1.82, 2.24) is 19.4 Å². The summed E-state index contributed by atoms with van der Waals surface area (Å²) in [7, 11) is 0. The second-order valence-electron chi connectivity index (χ2n) is 7.54. The van der Waals surface area contributed by atoms with Crippen LogP contribution in [0.3, 0.4) is 0 Å². The minimum Gasteiger partial charge on any atom is -0.336 e. The van der Waals surface area contributed by atoms with E-state index in [0.29, 0.717) is 30.7 Å². The Morgan fingerprint density at radius 3 is 2.45 bits per heavy atom. The van der Waals surface area contributed by atoms with E-state index >= 15 is 0 Å². The zero-order valence-electron chi connectivity index (χ0n) is 17.0. The quantitative estimate of drug-likeness (QED) is 0.687. The molecule has 6 nitrogen and oxygen atoms in total. The number of carbonyl (C=O) groups is 1. The second-order valence-corrected chi connectivity index (χ2v) is 7.54. The van der Waals surface area contributed by atoms with Crippen LogP contribution >= 0.6 is 0 Å². The lowest BCUT2D eigenvalue weighted by Crippen LogP contribution is -2.49. The molecule has 2 aromatic heterocycles. The zero-order valence-corrected chi connectivity index (χ0v) is 17.0. The Bertz CT molecular complexity index is 1080. The fourth-order valence-electron chi connectivity index (χ4n) is 3.87. The molecular weight excluding hydrogens is 364 g/mol. The van der Waals surface area contributed by atoms with Gasteiger partial charge in [0.05, 0.1) is 5.39 Å². The molecule has 0 unspecified atom stereocenters. The van der Waals surface area contributed by atoms with E-state index in [9.17, 15) is 9.59 Å². The molecule has 0 spiro atoms. The van der Waals surface area contributed by atoms with Crippen molar-refractivity contribution in [2.45, 2.75) is 26.9 Å². The number of amides is 1. The smallest absolute Gasteiger partial charge is 0.259 e. The van der Waals surface area contributed by atoms with Crippen molar-refractivity contribution < 1.29 is 4.79 Å². The Morgan fingerprint density at radius 2 is 1.76 bits per heavy atom. The molecule has 4 rings (SSSR count). The van der Waals surface area contributed by atoms with Gasteiger partial charge in [-0.05, 0) is 31.5 Å². The highest BCUT2D eigenvalue weighted by Crippen LogP contribution is 2.14. The molecule has 0 bridgehead atoms. The maximum atomic E-state index is 13.1. The number of hydrogen-bond acceptors (Lipinski definition) is 4. The van der Waals surface area contributed by atoms with Crippen LogP contribution in [0.5, 0.6) is 0 Å². The first kappa shape index (κ1) is 19.3. The first-order valence-electron chi connectivity index (χ1n) is 10.1. The molecule has 6 heteroatoms. The maximum absolute atomic E-state index is 13.1. The Hall–Kier alpha value is -2.99. The SMILES string of the molecule is CCn1cc(C(=O)N2CCN(Cc3ccccc3)CC2)c(=O)c2ccc(C)nc21. The van der Waals surface area contributed by atoms with Crippen LogP contribution in [-0.4, -0.2) is 51.4 Å². The Balaban J connectivity index is 1.53. The molecule has 1 aromatic carbocycles. The summed E-state index contributed by atoms with van der Waals surface area (Å²) in [4.78, 5) is 34.8. The first-order valence-corrected chi connectivity index (χ1v) is 10.1. The number of pyridine rings is 2. The van der Waals surface area contributed by atoms with Gasteiger partial charge in [-0.15, -0.1) is 0 Å². The van der Waals surface area contributed by atoms with Gasteiger partial charge in [-0.25, -0.2) is 4.98 Å². The van der Waals surface area contributed by atoms with Gasteiger partial charge in [0.25, 0.3) is 5.91 Å². The summed E-state index contributed by atoms with van der Waals surface area (Å²) in [5, 5.41) is 0.506. The summed E-state index contributed by atoms with van der Waals surface area (Å²) in [5.74, 6) is -0.181. The maximum Gasteiger partial charge on any atom is 0.259 e. The third-order valence-electron chi connectivity index (χ3n) is 5.54. The van der Waals surface area contributed by atoms with Crippen molar-refractivity contribution in [2.24, 2.45) is 0 Å². The first-order chi connectivity index (χ1) is 14.1. The van der Waals surface area contributed by atoms with Gasteiger partial charge in [0.2, 0.25) is 5.43 Å². The summed E-state index contributed by atoms with van der Waals surface area (Å²) < 4.78 is 1.89. The molecule has 3 aromatic rings. The Kier molecular flexibility index (Phi) is 5.45. The van der Waals surface area contributed by atoms with Crippen molar-refractivity contribution in [2.75, 3.05) is 26.2 Å². The molecule has 1 saturated heterocycles. The largest absolute Gasteiger partial charge is 0.336 e. The summed E-state index contributed by atoms with van der Waals surface area (Å²) in [6.07, 6.45) is 1.68. The average Bonchev–Trinajstić information content (AvgIpc) is 2.75. The lowest BCUT2D eigenvalue weighted by molar-refractivity contribution is 0.0626. The van der Waals surface area contributed by atoms with Crippen LogP contribution in [0.15, 0.2) is 53.5 Å². The Labute approximate surface area is 170 Å². The molecular formula is C23H26N4O2. The van der Waals surface area contributed by atoms with Crippen molar-refractivity contribution in [1.29, 1.82) is 0 Å². The van der Waals surface area contributed by atoms with Gasteiger partial charge in [0, 0.05) is 51.2 Å². The number of piperazine rings is 1. The third kappa shape index (κ3) is 3.93. The van der Waals surface area contributed by atoms with E-state index < -0.39 is 0 Å². The van der Waals surface area contributed by atoms with Crippen molar-refractivity contribution in [3.63, 3.8) is 0 Å². The van der Waals surface area contributed by atoms with Crippen molar-refractivity contribution in [3.05, 3.63) is 75.7 Å². The van der Waals surface area contributed by atoms with E-state index in [-0.39, 0.29) is 16.9 Å². The Morgan fingerprint density at radius 1 is 1.03 bits per heavy atom. The molecule has 0 atom stereocenters. The average molecular weight is 390 g/mol. The lowest BCUT2D eigenvalue weighted by Gasteiger charge is -2.34. The van der Waals surface area contributed by atoms with Crippen LogP contribution in [0.1, 0.15) is 28.5 Å². The van der Waals surface area contributed by atoms with E-state index in [1.807, 2.05) is 42.7 Å². The predicted molar refractivity (Wildman–Crippen MR) is 114 cm³/mol. The summed E-state index contributed by atoms with van der Waals surface area (Å²) in [6.45, 7) is 8.28. The number of aryl methyl sites for hydroxylation is 2. The molecule has 0 aliphatic carbocycles. The highest BCUT2D eigenvalue weighted by Gasteiger charge is 2.25. The minimum atomic E-state index is -0.228.